The molecule has 6 atom stereocenters. The third-order valence-electron chi connectivity index (χ3n) is 10.8. The van der Waals surface area contributed by atoms with Crippen LogP contribution < -0.4 is 31.9 Å². The molecule has 0 saturated heterocycles. The van der Waals surface area contributed by atoms with E-state index in [1.165, 1.54) is 71.1 Å². The third-order valence-corrected chi connectivity index (χ3v) is 16.9. The fourth-order valence-electron chi connectivity index (χ4n) is 8.60. The molecule has 2 N–H and O–H groups in total. The normalized spacial score (nSPS) is 22.1. The molecule has 0 aliphatic heterocycles. The van der Waals surface area contributed by atoms with E-state index in [-0.39, 0.29) is 0 Å². The van der Waals surface area contributed by atoms with Crippen molar-refractivity contribution >= 4 is 48.4 Å². The smallest absolute Gasteiger partial charge is 0.0578 e. The summed E-state index contributed by atoms with van der Waals surface area (Å²) >= 11 is 0. The van der Waals surface area contributed by atoms with Crippen molar-refractivity contribution in [3.63, 3.8) is 0 Å². The number of hydrogen-bond acceptors (Lipinski definition) is 2. The topological polar surface area (TPSA) is 24.1 Å². The number of hydrogen-bond donors (Lipinski definition) is 2. The molecule has 2 saturated carbocycles. The van der Waals surface area contributed by atoms with Crippen LogP contribution in [0.25, 0.3) is 0 Å². The highest BCUT2D eigenvalue weighted by atomic mass is 31.1. The molecule has 48 heavy (non-hydrogen) atoms. The second kappa shape index (κ2) is 15.8. The Morgan fingerprint density at radius 2 is 0.708 bits per heavy atom. The molecule has 0 aromatic heterocycles. The summed E-state index contributed by atoms with van der Waals surface area (Å²) < 4.78 is 0. The van der Waals surface area contributed by atoms with Gasteiger partial charge in [0.25, 0.3) is 0 Å². The summed E-state index contributed by atoms with van der Waals surface area (Å²) in [6.07, 6.45) is 7.80. The Labute approximate surface area is 291 Å². The predicted octanol–water partition coefficient (Wildman–Crippen LogP) is 9.89. The lowest BCUT2D eigenvalue weighted by molar-refractivity contribution is 0.485. The van der Waals surface area contributed by atoms with Crippen LogP contribution in [0.2, 0.25) is 0 Å². The molecule has 0 radical (unpaired) electrons. The third kappa shape index (κ3) is 7.42. The lowest BCUT2D eigenvalue weighted by atomic mass is 9.98. The molecule has 5 unspecified atom stereocenters. The quantitative estimate of drug-likeness (QED) is 0.129. The van der Waals surface area contributed by atoms with Crippen LogP contribution in [0.4, 0.5) is 11.4 Å². The molecule has 0 heterocycles. The van der Waals surface area contributed by atoms with Crippen LogP contribution in [0.15, 0.2) is 146 Å². The first-order valence-corrected chi connectivity index (χ1v) is 20.9. The molecular weight excluding hydrogens is 618 g/mol. The van der Waals surface area contributed by atoms with E-state index in [1.54, 1.807) is 0 Å². The minimum atomic E-state index is -0.430. The Morgan fingerprint density at radius 3 is 1.02 bits per heavy atom. The molecule has 5 aromatic carbocycles. The first-order valence-electron chi connectivity index (χ1n) is 18.1. The number of rotatable bonds is 12. The highest BCUT2D eigenvalue weighted by molar-refractivity contribution is 7.74. The Bertz CT molecular complexity index is 1490. The number of benzene rings is 5. The second-order valence-electron chi connectivity index (χ2n) is 13.8. The minimum Gasteiger partial charge on any atom is -0.381 e. The van der Waals surface area contributed by atoms with Crippen LogP contribution in [0, 0.1) is 11.8 Å². The van der Waals surface area contributed by atoms with Crippen molar-refractivity contribution in [1.29, 1.82) is 0 Å². The molecular formula is C44H50N2P2. The number of para-hydroxylation sites is 2. The SMILES string of the molecule is CC(Nc1ccccc1N[C@@H](C)C1CCCC1P(c1ccccc1)c1ccccc1)C1CCCC1P(c1ccccc1)c1ccccc1. The minimum absolute atomic E-state index is 0.386. The van der Waals surface area contributed by atoms with Gasteiger partial charge in [0.2, 0.25) is 0 Å². The zero-order valence-electron chi connectivity index (χ0n) is 28.5. The summed E-state index contributed by atoms with van der Waals surface area (Å²) in [4.78, 5) is 0. The van der Waals surface area contributed by atoms with E-state index in [2.05, 4.69) is 170 Å². The van der Waals surface area contributed by atoms with Crippen molar-refractivity contribution in [1.82, 2.24) is 0 Å². The zero-order chi connectivity index (χ0) is 32.7. The average molecular weight is 669 g/mol. The zero-order valence-corrected chi connectivity index (χ0v) is 30.2. The van der Waals surface area contributed by atoms with Gasteiger partial charge >= 0.3 is 0 Å². The van der Waals surface area contributed by atoms with Crippen LogP contribution in [0.5, 0.6) is 0 Å². The van der Waals surface area contributed by atoms with Gasteiger partial charge in [0, 0.05) is 12.1 Å². The van der Waals surface area contributed by atoms with Crippen molar-refractivity contribution in [2.45, 2.75) is 75.8 Å². The van der Waals surface area contributed by atoms with Crippen molar-refractivity contribution in [2.24, 2.45) is 11.8 Å². The van der Waals surface area contributed by atoms with Gasteiger partial charge in [0.05, 0.1) is 11.4 Å². The molecule has 0 bridgehead atoms. The summed E-state index contributed by atoms with van der Waals surface area (Å²) in [5, 5.41) is 14.2. The van der Waals surface area contributed by atoms with Gasteiger partial charge in [-0.1, -0.05) is 146 Å². The van der Waals surface area contributed by atoms with Crippen molar-refractivity contribution in [3.05, 3.63) is 146 Å². The predicted molar refractivity (Wildman–Crippen MR) is 213 cm³/mol. The van der Waals surface area contributed by atoms with Gasteiger partial charge in [-0.15, -0.1) is 0 Å². The maximum Gasteiger partial charge on any atom is 0.0578 e. The Hall–Kier alpha value is -3.44. The standard InChI is InChI=1S/C44H50N2P2/c1-33(39-27-17-31-43(39)47(35-19-7-3-8-20-35)36-21-9-4-10-22-36)45-41-29-15-16-30-42(41)46-34(2)40-28-18-32-44(40)48(37-23-11-5-12-24-37)38-25-13-6-14-26-38/h3-16,19-26,29-30,33-34,39-40,43-46H,17-18,27-28,31-32H2,1-2H3/t33-,34?,39?,40?,43?,44?/m0/s1. The van der Waals surface area contributed by atoms with Crippen molar-refractivity contribution in [2.75, 3.05) is 10.6 Å². The Kier molecular flexibility index (Phi) is 10.9. The highest BCUT2D eigenvalue weighted by Crippen LogP contribution is 2.53. The lowest BCUT2D eigenvalue weighted by Crippen LogP contribution is -2.36. The summed E-state index contributed by atoms with van der Waals surface area (Å²) in [5.74, 6) is 1.25. The molecule has 0 amide bonds. The molecule has 0 spiro atoms. The van der Waals surface area contributed by atoms with E-state index in [0.717, 1.165) is 0 Å². The van der Waals surface area contributed by atoms with Gasteiger partial charge in [-0.05, 0) is 112 Å². The fourth-order valence-corrected chi connectivity index (χ4v) is 15.2. The van der Waals surface area contributed by atoms with Crippen LogP contribution in [0.1, 0.15) is 52.4 Å². The molecule has 7 rings (SSSR count). The van der Waals surface area contributed by atoms with Crippen LogP contribution in [0.3, 0.4) is 0 Å². The van der Waals surface area contributed by atoms with Gasteiger partial charge in [0.15, 0.2) is 0 Å². The van der Waals surface area contributed by atoms with E-state index in [9.17, 15) is 0 Å². The highest BCUT2D eigenvalue weighted by Gasteiger charge is 2.40. The largest absolute Gasteiger partial charge is 0.381 e. The van der Waals surface area contributed by atoms with Gasteiger partial charge in [-0.25, -0.2) is 0 Å². The maximum atomic E-state index is 4.07. The van der Waals surface area contributed by atoms with Crippen LogP contribution in [-0.4, -0.2) is 23.4 Å². The average Bonchev–Trinajstić information content (AvgIpc) is 3.82. The molecule has 2 aliphatic rings. The molecule has 2 nitrogen and oxygen atoms in total. The summed E-state index contributed by atoms with van der Waals surface area (Å²) in [6, 6.07) is 55.1. The summed E-state index contributed by atoms with van der Waals surface area (Å²) in [5.41, 5.74) is 3.82. The first-order chi connectivity index (χ1) is 23.7. The molecule has 2 fully saturated rings. The molecule has 5 aromatic rings. The van der Waals surface area contributed by atoms with Gasteiger partial charge < -0.3 is 10.6 Å². The second-order valence-corrected chi connectivity index (χ2v) is 18.7. The van der Waals surface area contributed by atoms with Crippen molar-refractivity contribution < 1.29 is 0 Å². The number of anilines is 2. The molecule has 246 valence electrons. The van der Waals surface area contributed by atoms with E-state index in [4.69, 9.17) is 0 Å². The van der Waals surface area contributed by atoms with Gasteiger partial charge in [-0.3, -0.25) is 0 Å². The first kappa shape index (κ1) is 33.1. The monoisotopic (exact) mass is 668 g/mol. The van der Waals surface area contributed by atoms with Gasteiger partial charge in [-0.2, -0.15) is 0 Å². The lowest BCUT2D eigenvalue weighted by Gasteiger charge is -2.36. The van der Waals surface area contributed by atoms with E-state index >= 15 is 0 Å². The van der Waals surface area contributed by atoms with E-state index in [0.29, 0.717) is 35.2 Å². The maximum absolute atomic E-state index is 4.07. The summed E-state index contributed by atoms with van der Waals surface area (Å²) in [7, 11) is -0.860. The summed E-state index contributed by atoms with van der Waals surface area (Å²) in [6.45, 7) is 4.87. The van der Waals surface area contributed by atoms with E-state index in [1.807, 2.05) is 0 Å². The van der Waals surface area contributed by atoms with E-state index < -0.39 is 15.8 Å². The molecule has 4 heteroatoms. The fraction of sp³-hybridized carbons (Fsp3) is 0.318. The van der Waals surface area contributed by atoms with Gasteiger partial charge in [0.1, 0.15) is 0 Å². The van der Waals surface area contributed by atoms with Crippen LogP contribution >= 0.6 is 15.8 Å². The number of nitrogens with one attached hydrogen (secondary N) is 2. The molecule has 2 aliphatic carbocycles. The Morgan fingerprint density at radius 1 is 0.417 bits per heavy atom. The van der Waals surface area contributed by atoms with Crippen LogP contribution in [-0.2, 0) is 0 Å². The van der Waals surface area contributed by atoms with Crippen molar-refractivity contribution in [3.8, 4) is 0 Å². The Balaban J connectivity index is 1.10.